The first-order valence-electron chi connectivity index (χ1n) is 5.13. The molecule has 1 amide bonds. The summed E-state index contributed by atoms with van der Waals surface area (Å²) in [5.41, 5.74) is 1.03. The highest BCUT2D eigenvalue weighted by molar-refractivity contribution is 5.75. The average molecular weight is 207 g/mol. The highest BCUT2D eigenvalue weighted by atomic mass is 16.1. The molecule has 0 aromatic carbocycles. The van der Waals surface area contributed by atoms with Gasteiger partial charge in [-0.1, -0.05) is 6.07 Å². The first kappa shape index (κ1) is 11.7. The van der Waals surface area contributed by atoms with Crippen molar-refractivity contribution >= 4 is 5.91 Å². The molecule has 15 heavy (non-hydrogen) atoms. The zero-order valence-corrected chi connectivity index (χ0v) is 8.99. The molecule has 0 spiro atoms. The van der Waals surface area contributed by atoms with Crippen LogP contribution < -0.4 is 10.6 Å². The van der Waals surface area contributed by atoms with E-state index in [2.05, 4.69) is 15.6 Å². The van der Waals surface area contributed by atoms with Gasteiger partial charge in [0.1, 0.15) is 0 Å². The lowest BCUT2D eigenvalue weighted by atomic mass is 10.2. The second kappa shape index (κ2) is 6.95. The molecule has 0 radical (unpaired) electrons. The Bertz CT molecular complexity index is 287. The van der Waals surface area contributed by atoms with Crippen molar-refractivity contribution in [1.29, 1.82) is 0 Å². The van der Waals surface area contributed by atoms with Crippen LogP contribution in [0.25, 0.3) is 0 Å². The van der Waals surface area contributed by atoms with Gasteiger partial charge in [-0.15, -0.1) is 0 Å². The van der Waals surface area contributed by atoms with Crippen LogP contribution in [0.15, 0.2) is 24.5 Å². The van der Waals surface area contributed by atoms with Gasteiger partial charge < -0.3 is 10.6 Å². The minimum atomic E-state index is 0.0918. The largest absolute Gasteiger partial charge is 0.352 e. The molecule has 4 nitrogen and oxygen atoms in total. The van der Waals surface area contributed by atoms with Crippen LogP contribution in [-0.4, -0.2) is 24.5 Å². The lowest BCUT2D eigenvalue weighted by molar-refractivity contribution is -0.121. The third-order valence-corrected chi connectivity index (χ3v) is 2.04. The van der Waals surface area contributed by atoms with Crippen LogP contribution in [0, 0.1) is 0 Å². The second-order valence-electron chi connectivity index (χ2n) is 3.35. The van der Waals surface area contributed by atoms with Gasteiger partial charge in [0.2, 0.25) is 5.91 Å². The van der Waals surface area contributed by atoms with Crippen LogP contribution in [-0.2, 0) is 11.3 Å². The highest BCUT2D eigenvalue weighted by Crippen LogP contribution is 1.95. The fourth-order valence-electron chi connectivity index (χ4n) is 1.22. The summed E-state index contributed by atoms with van der Waals surface area (Å²) in [6.07, 6.45) is 4.92. The average Bonchev–Trinajstić information content (AvgIpc) is 2.28. The number of amides is 1. The predicted molar refractivity (Wildman–Crippen MR) is 59.2 cm³/mol. The fourth-order valence-corrected chi connectivity index (χ4v) is 1.22. The van der Waals surface area contributed by atoms with Crippen molar-refractivity contribution < 1.29 is 4.79 Å². The Morgan fingerprint density at radius 1 is 1.53 bits per heavy atom. The molecule has 0 aliphatic carbocycles. The molecule has 1 heterocycles. The lowest BCUT2D eigenvalue weighted by Gasteiger charge is -2.04. The molecule has 1 aromatic rings. The number of carbonyl (C=O) groups is 1. The standard InChI is InChI=1S/C11H17N3O/c1-12-6-3-5-11(15)14-9-10-4-2-7-13-8-10/h2,4,7-8,12H,3,5-6,9H2,1H3,(H,14,15). The molecule has 0 fully saturated rings. The predicted octanol–water partition coefficient (Wildman–Crippen LogP) is 0.697. The van der Waals surface area contributed by atoms with Crippen molar-refractivity contribution in [3.05, 3.63) is 30.1 Å². The van der Waals surface area contributed by atoms with Crippen LogP contribution in [0.2, 0.25) is 0 Å². The molecule has 0 atom stereocenters. The molecule has 0 unspecified atom stereocenters. The smallest absolute Gasteiger partial charge is 0.220 e. The van der Waals surface area contributed by atoms with Gasteiger partial charge in [-0.05, 0) is 31.6 Å². The van der Waals surface area contributed by atoms with E-state index in [1.54, 1.807) is 12.4 Å². The van der Waals surface area contributed by atoms with Crippen molar-refractivity contribution in [2.24, 2.45) is 0 Å². The molecule has 0 saturated heterocycles. The summed E-state index contributed by atoms with van der Waals surface area (Å²) in [4.78, 5) is 15.3. The van der Waals surface area contributed by atoms with Crippen LogP contribution in [0.4, 0.5) is 0 Å². The van der Waals surface area contributed by atoms with E-state index in [1.807, 2.05) is 19.2 Å². The molecular weight excluding hydrogens is 190 g/mol. The third kappa shape index (κ3) is 5.12. The van der Waals surface area contributed by atoms with Crippen molar-refractivity contribution in [3.8, 4) is 0 Å². The van der Waals surface area contributed by atoms with Gasteiger partial charge in [-0.25, -0.2) is 0 Å². The number of hydrogen-bond acceptors (Lipinski definition) is 3. The van der Waals surface area contributed by atoms with Crippen LogP contribution in [0.5, 0.6) is 0 Å². The number of hydrogen-bond donors (Lipinski definition) is 2. The topological polar surface area (TPSA) is 54.0 Å². The van der Waals surface area contributed by atoms with Gasteiger partial charge in [0.25, 0.3) is 0 Å². The second-order valence-corrected chi connectivity index (χ2v) is 3.35. The molecule has 0 aliphatic heterocycles. The summed E-state index contributed by atoms with van der Waals surface area (Å²) >= 11 is 0. The Kier molecular flexibility index (Phi) is 5.40. The quantitative estimate of drug-likeness (QED) is 0.675. The fraction of sp³-hybridized carbons (Fsp3) is 0.455. The van der Waals surface area contributed by atoms with Gasteiger partial charge >= 0.3 is 0 Å². The maximum absolute atomic E-state index is 11.3. The zero-order chi connectivity index (χ0) is 10.9. The lowest BCUT2D eigenvalue weighted by Crippen LogP contribution is -2.23. The summed E-state index contributed by atoms with van der Waals surface area (Å²) in [5.74, 6) is 0.0918. The number of aromatic nitrogens is 1. The third-order valence-electron chi connectivity index (χ3n) is 2.04. The minimum absolute atomic E-state index is 0.0918. The SMILES string of the molecule is CNCCCC(=O)NCc1cccnc1. The molecule has 2 N–H and O–H groups in total. The van der Waals surface area contributed by atoms with E-state index in [-0.39, 0.29) is 5.91 Å². The number of pyridine rings is 1. The first-order valence-corrected chi connectivity index (χ1v) is 5.13. The normalized spacial score (nSPS) is 9.93. The molecule has 1 aromatic heterocycles. The zero-order valence-electron chi connectivity index (χ0n) is 8.99. The summed E-state index contributed by atoms with van der Waals surface area (Å²) < 4.78 is 0. The first-order chi connectivity index (χ1) is 7.33. The van der Waals surface area contributed by atoms with Gasteiger partial charge in [0.05, 0.1) is 0 Å². The highest BCUT2D eigenvalue weighted by Gasteiger charge is 2.00. The van der Waals surface area contributed by atoms with Gasteiger partial charge in [0, 0.05) is 25.4 Å². The molecular formula is C11H17N3O. The summed E-state index contributed by atoms with van der Waals surface area (Å²) in [6, 6.07) is 3.81. The molecule has 1 rings (SSSR count). The Morgan fingerprint density at radius 3 is 3.07 bits per heavy atom. The number of nitrogens with one attached hydrogen (secondary N) is 2. The molecule has 0 saturated carbocycles. The summed E-state index contributed by atoms with van der Waals surface area (Å²) in [7, 11) is 1.88. The van der Waals surface area contributed by atoms with E-state index >= 15 is 0 Å². The maximum Gasteiger partial charge on any atom is 0.220 e. The van der Waals surface area contributed by atoms with Crippen LogP contribution >= 0.6 is 0 Å². The van der Waals surface area contributed by atoms with Gasteiger partial charge in [-0.3, -0.25) is 9.78 Å². The summed E-state index contributed by atoms with van der Waals surface area (Å²) in [5, 5.41) is 5.86. The number of nitrogens with zero attached hydrogens (tertiary/aromatic N) is 1. The van der Waals surface area contributed by atoms with Crippen molar-refractivity contribution in [2.45, 2.75) is 19.4 Å². The van der Waals surface area contributed by atoms with Crippen molar-refractivity contribution in [1.82, 2.24) is 15.6 Å². The van der Waals surface area contributed by atoms with Gasteiger partial charge in [0.15, 0.2) is 0 Å². The van der Waals surface area contributed by atoms with Crippen molar-refractivity contribution in [3.63, 3.8) is 0 Å². The maximum atomic E-state index is 11.3. The Balaban J connectivity index is 2.17. The molecule has 82 valence electrons. The van der Waals surface area contributed by atoms with Crippen LogP contribution in [0.3, 0.4) is 0 Å². The summed E-state index contributed by atoms with van der Waals surface area (Å²) in [6.45, 7) is 1.44. The molecule has 0 bridgehead atoms. The number of rotatable bonds is 6. The van der Waals surface area contributed by atoms with Crippen LogP contribution in [0.1, 0.15) is 18.4 Å². The Morgan fingerprint density at radius 2 is 2.40 bits per heavy atom. The van der Waals surface area contributed by atoms with Crippen molar-refractivity contribution in [2.75, 3.05) is 13.6 Å². The Hall–Kier alpha value is -1.42. The number of carbonyl (C=O) groups excluding carboxylic acids is 1. The van der Waals surface area contributed by atoms with E-state index in [0.717, 1.165) is 18.5 Å². The monoisotopic (exact) mass is 207 g/mol. The Labute approximate surface area is 90.1 Å². The van der Waals surface area contributed by atoms with E-state index in [1.165, 1.54) is 0 Å². The van der Waals surface area contributed by atoms with E-state index in [0.29, 0.717) is 13.0 Å². The minimum Gasteiger partial charge on any atom is -0.352 e. The van der Waals surface area contributed by atoms with E-state index in [4.69, 9.17) is 0 Å². The molecule has 0 aliphatic rings. The van der Waals surface area contributed by atoms with E-state index in [9.17, 15) is 4.79 Å². The molecule has 4 heteroatoms. The van der Waals surface area contributed by atoms with E-state index < -0.39 is 0 Å². The van der Waals surface area contributed by atoms with Gasteiger partial charge in [-0.2, -0.15) is 0 Å².